The highest BCUT2D eigenvalue weighted by Gasteiger charge is 2.07. The smallest absolute Gasteiger partial charge is 0.312 e. The number of hydrogen-bond donors (Lipinski definition) is 2. The summed E-state index contributed by atoms with van der Waals surface area (Å²) in [7, 11) is 0. The number of carboxylic acid groups (broad SMARTS) is 1. The maximum absolute atomic E-state index is 11.1. The number of carbonyl (C=O) groups is 2. The molecule has 0 aromatic heterocycles. The molecule has 6 heteroatoms. The third kappa shape index (κ3) is 4.66. The van der Waals surface area contributed by atoms with E-state index < -0.39 is 18.3 Å². The summed E-state index contributed by atoms with van der Waals surface area (Å²) in [5.74, 6) is -1.28. The Kier molecular flexibility index (Phi) is 4.51. The van der Waals surface area contributed by atoms with Crippen LogP contribution in [0.2, 0.25) is 0 Å². The number of nitriles is 1. The molecule has 0 radical (unpaired) electrons. The molecular weight excluding hydrogens is 224 g/mol. The number of carboxylic acids is 1. The van der Waals surface area contributed by atoms with Crippen molar-refractivity contribution in [3.8, 4) is 11.8 Å². The van der Waals surface area contributed by atoms with E-state index in [1.54, 1.807) is 24.3 Å². The number of carbonyl (C=O) groups excluding carboxylic acids is 1. The zero-order chi connectivity index (χ0) is 12.7. The fourth-order valence-corrected chi connectivity index (χ4v) is 1.09. The molecule has 1 amide bonds. The van der Waals surface area contributed by atoms with Crippen molar-refractivity contribution in [2.24, 2.45) is 0 Å². The van der Waals surface area contributed by atoms with Gasteiger partial charge in [-0.25, -0.2) is 0 Å². The Hall–Kier alpha value is -2.55. The molecule has 0 unspecified atom stereocenters. The lowest BCUT2D eigenvalue weighted by Gasteiger charge is -2.05. The first-order valence-electron chi connectivity index (χ1n) is 4.73. The van der Waals surface area contributed by atoms with E-state index >= 15 is 0 Å². The van der Waals surface area contributed by atoms with Gasteiger partial charge in [-0.15, -0.1) is 0 Å². The van der Waals surface area contributed by atoms with Crippen LogP contribution in [0, 0.1) is 11.3 Å². The summed E-state index contributed by atoms with van der Waals surface area (Å²) in [6.07, 6.45) is -0.577. The predicted octanol–water partition coefficient (Wildman–Crippen LogP) is 1.00. The number of anilines is 1. The monoisotopic (exact) mass is 234 g/mol. The van der Waals surface area contributed by atoms with E-state index in [2.05, 4.69) is 5.32 Å². The second kappa shape index (κ2) is 6.12. The SMILES string of the molecule is N#CCOc1ccc(NC(=O)CC(=O)O)cc1. The van der Waals surface area contributed by atoms with Crippen LogP contribution in [0.25, 0.3) is 0 Å². The molecule has 2 N–H and O–H groups in total. The first kappa shape index (κ1) is 12.5. The van der Waals surface area contributed by atoms with Crippen molar-refractivity contribution in [1.82, 2.24) is 0 Å². The Morgan fingerprint density at radius 2 is 2.00 bits per heavy atom. The van der Waals surface area contributed by atoms with Gasteiger partial charge in [0.05, 0.1) is 0 Å². The molecule has 0 aliphatic carbocycles. The first-order valence-corrected chi connectivity index (χ1v) is 4.73. The third-order valence-corrected chi connectivity index (χ3v) is 1.75. The van der Waals surface area contributed by atoms with Gasteiger partial charge in [0.1, 0.15) is 18.2 Å². The van der Waals surface area contributed by atoms with E-state index in [4.69, 9.17) is 15.1 Å². The molecule has 0 fully saturated rings. The van der Waals surface area contributed by atoms with Crippen LogP contribution in [-0.4, -0.2) is 23.6 Å². The Balaban J connectivity index is 2.53. The van der Waals surface area contributed by atoms with Crippen LogP contribution in [0.1, 0.15) is 6.42 Å². The molecule has 0 aliphatic heterocycles. The second-order valence-electron chi connectivity index (χ2n) is 3.09. The van der Waals surface area contributed by atoms with Gasteiger partial charge in [-0.1, -0.05) is 0 Å². The van der Waals surface area contributed by atoms with Gasteiger partial charge in [-0.05, 0) is 24.3 Å². The average molecular weight is 234 g/mol. The Morgan fingerprint density at radius 1 is 1.35 bits per heavy atom. The molecule has 0 saturated heterocycles. The Labute approximate surface area is 97.4 Å². The van der Waals surface area contributed by atoms with Crippen LogP contribution in [0.3, 0.4) is 0 Å². The minimum atomic E-state index is -1.18. The van der Waals surface area contributed by atoms with Crippen LogP contribution in [-0.2, 0) is 9.59 Å². The summed E-state index contributed by atoms with van der Waals surface area (Å²) in [4.78, 5) is 21.4. The molecule has 0 bridgehead atoms. The Morgan fingerprint density at radius 3 is 2.53 bits per heavy atom. The molecule has 0 spiro atoms. The number of aliphatic carboxylic acids is 1. The molecule has 88 valence electrons. The lowest BCUT2D eigenvalue weighted by molar-refractivity contribution is -0.139. The highest BCUT2D eigenvalue weighted by Crippen LogP contribution is 2.15. The summed E-state index contributed by atoms with van der Waals surface area (Å²) in [5, 5.41) is 19.1. The molecule has 0 atom stereocenters. The van der Waals surface area contributed by atoms with Gasteiger partial charge < -0.3 is 15.2 Å². The maximum Gasteiger partial charge on any atom is 0.312 e. The molecule has 1 rings (SSSR count). The molecule has 6 nitrogen and oxygen atoms in total. The highest BCUT2D eigenvalue weighted by molar-refractivity contribution is 6.01. The van der Waals surface area contributed by atoms with Gasteiger partial charge in [0.15, 0.2) is 6.61 Å². The van der Waals surface area contributed by atoms with E-state index in [0.29, 0.717) is 11.4 Å². The van der Waals surface area contributed by atoms with Crippen molar-refractivity contribution in [1.29, 1.82) is 5.26 Å². The van der Waals surface area contributed by atoms with Crippen molar-refractivity contribution < 1.29 is 19.4 Å². The maximum atomic E-state index is 11.1. The van der Waals surface area contributed by atoms with Gasteiger partial charge >= 0.3 is 5.97 Å². The molecule has 0 saturated carbocycles. The van der Waals surface area contributed by atoms with Crippen LogP contribution >= 0.6 is 0 Å². The number of benzene rings is 1. The van der Waals surface area contributed by atoms with Crippen LogP contribution in [0.5, 0.6) is 5.75 Å². The van der Waals surface area contributed by atoms with E-state index in [9.17, 15) is 9.59 Å². The normalized spacial score (nSPS) is 9.12. The summed E-state index contributed by atoms with van der Waals surface area (Å²) in [6, 6.07) is 8.11. The molecule has 0 aliphatic rings. The van der Waals surface area contributed by atoms with E-state index in [0.717, 1.165) is 0 Å². The fraction of sp³-hybridized carbons (Fsp3) is 0.182. The van der Waals surface area contributed by atoms with Crippen molar-refractivity contribution in [3.05, 3.63) is 24.3 Å². The second-order valence-corrected chi connectivity index (χ2v) is 3.09. The van der Waals surface area contributed by atoms with Crippen LogP contribution in [0.15, 0.2) is 24.3 Å². The third-order valence-electron chi connectivity index (χ3n) is 1.75. The minimum Gasteiger partial charge on any atom is -0.481 e. The van der Waals surface area contributed by atoms with Crippen molar-refractivity contribution >= 4 is 17.6 Å². The Bertz CT molecular complexity index is 448. The van der Waals surface area contributed by atoms with Crippen molar-refractivity contribution in [2.45, 2.75) is 6.42 Å². The molecule has 0 heterocycles. The van der Waals surface area contributed by atoms with E-state index in [1.807, 2.05) is 6.07 Å². The first-order chi connectivity index (χ1) is 8.11. The number of hydrogen-bond acceptors (Lipinski definition) is 4. The van der Waals surface area contributed by atoms with E-state index in [-0.39, 0.29) is 6.61 Å². The van der Waals surface area contributed by atoms with Crippen molar-refractivity contribution in [3.63, 3.8) is 0 Å². The fourth-order valence-electron chi connectivity index (χ4n) is 1.09. The minimum absolute atomic E-state index is 0.0509. The number of rotatable bonds is 5. The number of nitrogens with zero attached hydrogens (tertiary/aromatic N) is 1. The summed E-state index contributed by atoms with van der Waals surface area (Å²) < 4.78 is 5.01. The lowest BCUT2D eigenvalue weighted by Crippen LogP contribution is -2.15. The molecule has 17 heavy (non-hydrogen) atoms. The zero-order valence-corrected chi connectivity index (χ0v) is 8.84. The zero-order valence-electron chi connectivity index (χ0n) is 8.84. The predicted molar refractivity (Wildman–Crippen MR) is 58.4 cm³/mol. The van der Waals surface area contributed by atoms with Gasteiger partial charge in [-0.3, -0.25) is 9.59 Å². The summed E-state index contributed by atoms with van der Waals surface area (Å²) in [5.41, 5.74) is 0.473. The molecular formula is C11H10N2O4. The molecule has 1 aromatic rings. The van der Waals surface area contributed by atoms with Gasteiger partial charge in [0.2, 0.25) is 5.91 Å². The lowest BCUT2D eigenvalue weighted by atomic mass is 10.3. The van der Waals surface area contributed by atoms with Crippen LogP contribution < -0.4 is 10.1 Å². The van der Waals surface area contributed by atoms with E-state index in [1.165, 1.54) is 0 Å². The van der Waals surface area contributed by atoms with Crippen molar-refractivity contribution in [2.75, 3.05) is 11.9 Å². The van der Waals surface area contributed by atoms with Crippen LogP contribution in [0.4, 0.5) is 5.69 Å². The summed E-state index contributed by atoms with van der Waals surface area (Å²) in [6.45, 7) is -0.0509. The number of amides is 1. The van der Waals surface area contributed by atoms with Gasteiger partial charge in [0, 0.05) is 5.69 Å². The average Bonchev–Trinajstić information content (AvgIpc) is 2.27. The van der Waals surface area contributed by atoms with Gasteiger partial charge in [-0.2, -0.15) is 5.26 Å². The largest absolute Gasteiger partial charge is 0.481 e. The standard InChI is InChI=1S/C11H10N2O4/c12-5-6-17-9-3-1-8(2-4-9)13-10(14)7-11(15)16/h1-4H,6-7H2,(H,13,14)(H,15,16). The highest BCUT2D eigenvalue weighted by atomic mass is 16.5. The molecule has 1 aromatic carbocycles. The van der Waals surface area contributed by atoms with Gasteiger partial charge in [0.25, 0.3) is 0 Å². The number of ether oxygens (including phenoxy) is 1. The number of nitrogens with one attached hydrogen (secondary N) is 1. The summed E-state index contributed by atoms with van der Waals surface area (Å²) >= 11 is 0. The quantitative estimate of drug-likeness (QED) is 0.740. The topological polar surface area (TPSA) is 99.4 Å².